The quantitative estimate of drug-likeness (QED) is 0.687. The Bertz CT molecular complexity index is 818. The Labute approximate surface area is 147 Å². The minimum absolute atomic E-state index is 0.0663. The molecule has 0 aliphatic carbocycles. The molecule has 25 heavy (non-hydrogen) atoms. The van der Waals surface area contributed by atoms with Gasteiger partial charge in [-0.15, -0.1) is 0 Å². The summed E-state index contributed by atoms with van der Waals surface area (Å²) in [5.74, 6) is -0.0663. The van der Waals surface area contributed by atoms with E-state index in [-0.39, 0.29) is 18.4 Å². The average Bonchev–Trinajstić information content (AvgIpc) is 2.67. The fourth-order valence-electron chi connectivity index (χ4n) is 2.47. The van der Waals surface area contributed by atoms with E-state index in [1.165, 1.54) is 0 Å². The molecule has 1 heterocycles. The maximum atomic E-state index is 12.4. The molecule has 3 rings (SSSR count). The van der Waals surface area contributed by atoms with Crippen LogP contribution in [0.25, 0.3) is 0 Å². The fraction of sp³-hybridized carbons (Fsp3) is 0.0952. The molecule has 0 saturated carbocycles. The molecule has 0 radical (unpaired) electrons. The van der Waals surface area contributed by atoms with Crippen molar-refractivity contribution < 1.29 is 4.79 Å². The van der Waals surface area contributed by atoms with Gasteiger partial charge in [0.05, 0.1) is 12.5 Å². The van der Waals surface area contributed by atoms with Gasteiger partial charge in [0.1, 0.15) is 0 Å². The van der Waals surface area contributed by atoms with Gasteiger partial charge in [0.25, 0.3) is 0 Å². The van der Waals surface area contributed by atoms with Gasteiger partial charge in [-0.25, -0.2) is 0 Å². The van der Waals surface area contributed by atoms with Crippen molar-refractivity contribution in [2.75, 3.05) is 5.32 Å². The lowest BCUT2D eigenvalue weighted by molar-refractivity contribution is -0.116. The predicted octanol–water partition coefficient (Wildman–Crippen LogP) is 4.27. The largest absolute Gasteiger partial charge is 0.326 e. The SMILES string of the molecule is O=C(CC(N=Cc1cccnc1)c1ccccc1)Nc1ccccc1. The first-order chi connectivity index (χ1) is 12.3. The molecule has 0 fully saturated rings. The lowest BCUT2D eigenvalue weighted by Gasteiger charge is -2.13. The summed E-state index contributed by atoms with van der Waals surface area (Å²) in [6, 6.07) is 22.8. The molecule has 0 aliphatic rings. The molecule has 2 aromatic carbocycles. The summed E-state index contributed by atoms with van der Waals surface area (Å²) in [6.07, 6.45) is 5.51. The van der Waals surface area contributed by atoms with Crippen LogP contribution in [0, 0.1) is 0 Å². The Balaban J connectivity index is 1.75. The van der Waals surface area contributed by atoms with Crippen molar-refractivity contribution in [2.45, 2.75) is 12.5 Å². The molecule has 124 valence electrons. The molecule has 4 heteroatoms. The fourth-order valence-corrected chi connectivity index (χ4v) is 2.47. The van der Waals surface area contributed by atoms with E-state index in [9.17, 15) is 4.79 Å². The topological polar surface area (TPSA) is 54.4 Å². The second-order valence-corrected chi connectivity index (χ2v) is 5.61. The first-order valence-corrected chi connectivity index (χ1v) is 8.14. The van der Waals surface area contributed by atoms with Crippen LogP contribution in [0.15, 0.2) is 90.2 Å². The van der Waals surface area contributed by atoms with Gasteiger partial charge in [0.15, 0.2) is 0 Å². The number of aromatic nitrogens is 1. The van der Waals surface area contributed by atoms with Crippen molar-refractivity contribution in [3.8, 4) is 0 Å². The smallest absolute Gasteiger partial charge is 0.226 e. The lowest BCUT2D eigenvalue weighted by atomic mass is 10.0. The van der Waals surface area contributed by atoms with Gasteiger partial charge in [0, 0.05) is 29.9 Å². The van der Waals surface area contributed by atoms with Crippen molar-refractivity contribution in [1.29, 1.82) is 0 Å². The molecule has 0 spiro atoms. The molecular formula is C21H19N3O. The summed E-state index contributed by atoms with van der Waals surface area (Å²) in [4.78, 5) is 21.1. The number of pyridine rings is 1. The molecule has 4 nitrogen and oxygen atoms in total. The van der Waals surface area contributed by atoms with Crippen LogP contribution in [-0.4, -0.2) is 17.1 Å². The second-order valence-electron chi connectivity index (χ2n) is 5.61. The van der Waals surface area contributed by atoms with Gasteiger partial charge in [-0.2, -0.15) is 0 Å². The number of benzene rings is 2. The van der Waals surface area contributed by atoms with Crippen LogP contribution >= 0.6 is 0 Å². The van der Waals surface area contributed by atoms with Crippen LogP contribution in [0.4, 0.5) is 5.69 Å². The normalized spacial score (nSPS) is 12.0. The van der Waals surface area contributed by atoms with Crippen molar-refractivity contribution >= 4 is 17.8 Å². The van der Waals surface area contributed by atoms with E-state index < -0.39 is 0 Å². The number of para-hydroxylation sites is 1. The van der Waals surface area contributed by atoms with E-state index in [4.69, 9.17) is 0 Å². The summed E-state index contributed by atoms with van der Waals surface area (Å²) in [5.41, 5.74) is 2.70. The number of carbonyl (C=O) groups excluding carboxylic acids is 1. The highest BCUT2D eigenvalue weighted by molar-refractivity contribution is 5.91. The first kappa shape index (κ1) is 16.6. The number of hydrogen-bond acceptors (Lipinski definition) is 3. The third-order valence-corrected chi connectivity index (χ3v) is 3.71. The summed E-state index contributed by atoms with van der Waals surface area (Å²) in [7, 11) is 0. The molecule has 1 N–H and O–H groups in total. The Morgan fingerprint density at radius 1 is 1.00 bits per heavy atom. The zero-order chi connectivity index (χ0) is 17.3. The predicted molar refractivity (Wildman–Crippen MR) is 101 cm³/mol. The minimum atomic E-state index is -0.245. The Hall–Kier alpha value is -3.27. The zero-order valence-corrected chi connectivity index (χ0v) is 13.7. The zero-order valence-electron chi connectivity index (χ0n) is 13.7. The number of rotatable bonds is 6. The van der Waals surface area contributed by atoms with Crippen molar-refractivity contribution in [3.05, 3.63) is 96.3 Å². The first-order valence-electron chi connectivity index (χ1n) is 8.14. The standard InChI is InChI=1S/C21H19N3O/c25-21(24-19-11-5-2-6-12-19)14-20(18-9-3-1-4-10-18)23-16-17-8-7-13-22-15-17/h1-13,15-16,20H,14H2,(H,24,25). The van der Waals surface area contributed by atoms with E-state index in [0.29, 0.717) is 0 Å². The molecule has 1 amide bonds. The molecule has 0 aliphatic heterocycles. The number of carbonyl (C=O) groups is 1. The number of nitrogens with one attached hydrogen (secondary N) is 1. The van der Waals surface area contributed by atoms with Gasteiger partial charge in [0.2, 0.25) is 5.91 Å². The van der Waals surface area contributed by atoms with Crippen molar-refractivity contribution in [2.24, 2.45) is 4.99 Å². The van der Waals surface area contributed by atoms with Crippen LogP contribution in [-0.2, 0) is 4.79 Å². The molecule has 0 saturated heterocycles. The third-order valence-electron chi connectivity index (χ3n) is 3.71. The molecular weight excluding hydrogens is 310 g/mol. The Kier molecular flexibility index (Phi) is 5.67. The highest BCUT2D eigenvalue weighted by Crippen LogP contribution is 2.22. The van der Waals surface area contributed by atoms with E-state index in [1.807, 2.05) is 72.8 Å². The Morgan fingerprint density at radius 3 is 2.40 bits per heavy atom. The highest BCUT2D eigenvalue weighted by Gasteiger charge is 2.14. The number of aliphatic imine (C=N–C) groups is 1. The maximum Gasteiger partial charge on any atom is 0.226 e. The summed E-state index contributed by atoms with van der Waals surface area (Å²) in [5, 5.41) is 2.92. The van der Waals surface area contributed by atoms with E-state index in [0.717, 1.165) is 16.8 Å². The van der Waals surface area contributed by atoms with E-state index in [2.05, 4.69) is 15.3 Å². The number of amides is 1. The van der Waals surface area contributed by atoms with Crippen molar-refractivity contribution in [3.63, 3.8) is 0 Å². The molecule has 1 atom stereocenters. The lowest BCUT2D eigenvalue weighted by Crippen LogP contribution is -2.15. The van der Waals surface area contributed by atoms with Crippen LogP contribution in [0.3, 0.4) is 0 Å². The number of hydrogen-bond donors (Lipinski definition) is 1. The summed E-state index contributed by atoms with van der Waals surface area (Å²) >= 11 is 0. The molecule has 1 unspecified atom stereocenters. The summed E-state index contributed by atoms with van der Waals surface area (Å²) < 4.78 is 0. The number of anilines is 1. The minimum Gasteiger partial charge on any atom is -0.326 e. The monoisotopic (exact) mass is 329 g/mol. The van der Waals surface area contributed by atoms with E-state index >= 15 is 0 Å². The number of nitrogens with zero attached hydrogens (tertiary/aromatic N) is 2. The highest BCUT2D eigenvalue weighted by atomic mass is 16.1. The molecule has 3 aromatic rings. The Morgan fingerprint density at radius 2 is 1.72 bits per heavy atom. The second kappa shape index (κ2) is 8.55. The summed E-state index contributed by atoms with van der Waals surface area (Å²) in [6.45, 7) is 0. The van der Waals surface area contributed by atoms with Crippen LogP contribution in [0.1, 0.15) is 23.6 Å². The van der Waals surface area contributed by atoms with Gasteiger partial charge in [-0.1, -0.05) is 54.6 Å². The van der Waals surface area contributed by atoms with E-state index in [1.54, 1.807) is 18.6 Å². The van der Waals surface area contributed by atoms with Gasteiger partial charge in [-0.05, 0) is 23.8 Å². The molecule has 1 aromatic heterocycles. The van der Waals surface area contributed by atoms with Gasteiger partial charge >= 0.3 is 0 Å². The average molecular weight is 329 g/mol. The molecule has 0 bridgehead atoms. The van der Waals surface area contributed by atoms with Crippen LogP contribution < -0.4 is 5.32 Å². The van der Waals surface area contributed by atoms with Crippen LogP contribution in [0.5, 0.6) is 0 Å². The maximum absolute atomic E-state index is 12.4. The van der Waals surface area contributed by atoms with Crippen molar-refractivity contribution in [1.82, 2.24) is 4.98 Å². The van der Waals surface area contributed by atoms with Gasteiger partial charge in [-0.3, -0.25) is 14.8 Å². The van der Waals surface area contributed by atoms with Crippen LogP contribution in [0.2, 0.25) is 0 Å². The van der Waals surface area contributed by atoms with Gasteiger partial charge < -0.3 is 5.32 Å². The third kappa shape index (κ3) is 5.11.